The minimum Gasteiger partial charge on any atom is -0.396 e. The van der Waals surface area contributed by atoms with E-state index in [4.69, 9.17) is 5.11 Å². The first-order chi connectivity index (χ1) is 5.95. The van der Waals surface area contributed by atoms with Crippen molar-refractivity contribution in [1.29, 1.82) is 0 Å². The first-order valence-corrected chi connectivity index (χ1v) is 5.24. The lowest BCUT2D eigenvalue weighted by molar-refractivity contribution is 0.196. The largest absolute Gasteiger partial charge is 0.396 e. The fourth-order valence-electron chi connectivity index (χ4n) is 2.44. The van der Waals surface area contributed by atoms with Crippen LogP contribution in [0.25, 0.3) is 0 Å². The van der Waals surface area contributed by atoms with Gasteiger partial charge in [-0.3, -0.25) is 0 Å². The molecule has 0 aromatic heterocycles. The Morgan fingerprint density at radius 3 is 2.38 bits per heavy atom. The molecule has 0 aromatic rings. The molecule has 13 heavy (non-hydrogen) atoms. The summed E-state index contributed by atoms with van der Waals surface area (Å²) in [4.78, 5) is 0. The Balaban J connectivity index is 2.73. The molecule has 0 aliphatic heterocycles. The Morgan fingerprint density at radius 1 is 1.38 bits per heavy atom. The highest BCUT2D eigenvalue weighted by Gasteiger charge is 2.29. The van der Waals surface area contributed by atoms with Gasteiger partial charge in [-0.2, -0.15) is 0 Å². The predicted molar refractivity (Wildman–Crippen MR) is 56.5 cm³/mol. The zero-order valence-electron chi connectivity index (χ0n) is 9.30. The molecule has 0 aromatic carbocycles. The van der Waals surface area contributed by atoms with E-state index in [0.717, 1.165) is 6.42 Å². The van der Waals surface area contributed by atoms with Crippen molar-refractivity contribution in [3.05, 3.63) is 11.6 Å². The second kappa shape index (κ2) is 3.83. The Hall–Kier alpha value is -0.300. The average molecular weight is 182 g/mol. The lowest BCUT2D eigenvalue weighted by Crippen LogP contribution is -2.26. The molecule has 0 fully saturated rings. The van der Waals surface area contributed by atoms with Gasteiger partial charge in [0.05, 0.1) is 0 Å². The Labute approximate surface area is 81.9 Å². The molecule has 0 radical (unpaired) electrons. The van der Waals surface area contributed by atoms with Crippen LogP contribution >= 0.6 is 0 Å². The summed E-state index contributed by atoms with van der Waals surface area (Å²) >= 11 is 0. The maximum atomic E-state index is 9.05. The van der Waals surface area contributed by atoms with Crippen LogP contribution in [0.15, 0.2) is 11.6 Å². The minimum atomic E-state index is 0.314. The molecule has 1 nitrogen and oxygen atoms in total. The number of rotatable bonds is 1. The van der Waals surface area contributed by atoms with Gasteiger partial charge in [-0.15, -0.1) is 0 Å². The monoisotopic (exact) mass is 182 g/mol. The summed E-state index contributed by atoms with van der Waals surface area (Å²) in [5.41, 5.74) is 1.85. The van der Waals surface area contributed by atoms with Gasteiger partial charge in [-0.25, -0.2) is 0 Å². The summed E-state index contributed by atoms with van der Waals surface area (Å²) in [5.74, 6) is 1.12. The third-order valence-electron chi connectivity index (χ3n) is 3.15. The third-order valence-corrected chi connectivity index (χ3v) is 3.15. The van der Waals surface area contributed by atoms with Crippen molar-refractivity contribution in [3.63, 3.8) is 0 Å². The second-order valence-corrected chi connectivity index (χ2v) is 5.35. The molecular formula is C12H22O. The van der Waals surface area contributed by atoms with E-state index >= 15 is 0 Å². The summed E-state index contributed by atoms with van der Waals surface area (Å²) < 4.78 is 0. The van der Waals surface area contributed by atoms with Crippen LogP contribution in [0.4, 0.5) is 0 Å². The molecule has 0 saturated heterocycles. The summed E-state index contributed by atoms with van der Waals surface area (Å²) in [6.45, 7) is 9.42. The van der Waals surface area contributed by atoms with Crippen molar-refractivity contribution in [1.82, 2.24) is 0 Å². The van der Waals surface area contributed by atoms with E-state index in [1.54, 1.807) is 0 Å². The fraction of sp³-hybridized carbons (Fsp3) is 0.833. The molecule has 1 aliphatic rings. The molecule has 0 saturated carbocycles. The normalized spacial score (nSPS) is 30.1. The van der Waals surface area contributed by atoms with Gasteiger partial charge in [0, 0.05) is 12.5 Å². The topological polar surface area (TPSA) is 20.2 Å². The van der Waals surface area contributed by atoms with Crippen molar-refractivity contribution in [3.8, 4) is 0 Å². The first-order valence-electron chi connectivity index (χ1n) is 5.24. The number of allylic oxidation sites excluding steroid dienone is 1. The molecular weight excluding hydrogens is 160 g/mol. The summed E-state index contributed by atoms with van der Waals surface area (Å²) in [6.07, 6.45) is 4.65. The highest BCUT2D eigenvalue weighted by molar-refractivity contribution is 5.12. The van der Waals surface area contributed by atoms with Gasteiger partial charge >= 0.3 is 0 Å². The van der Waals surface area contributed by atoms with Gasteiger partial charge < -0.3 is 5.11 Å². The van der Waals surface area contributed by atoms with Gasteiger partial charge in [0.15, 0.2) is 0 Å². The molecule has 0 bridgehead atoms. The van der Waals surface area contributed by atoms with Gasteiger partial charge in [0.2, 0.25) is 0 Å². The van der Waals surface area contributed by atoms with E-state index in [-0.39, 0.29) is 0 Å². The van der Waals surface area contributed by atoms with Gasteiger partial charge in [-0.1, -0.05) is 32.4 Å². The van der Waals surface area contributed by atoms with Gasteiger partial charge in [0.1, 0.15) is 0 Å². The Kier molecular flexibility index (Phi) is 3.18. The van der Waals surface area contributed by atoms with E-state index < -0.39 is 0 Å². The molecule has 1 rings (SSSR count). The van der Waals surface area contributed by atoms with Crippen molar-refractivity contribution in [2.45, 2.75) is 40.5 Å². The quantitative estimate of drug-likeness (QED) is 0.618. The first kappa shape index (κ1) is 10.8. The highest BCUT2D eigenvalue weighted by Crippen LogP contribution is 2.39. The Bertz CT molecular complexity index is 198. The van der Waals surface area contributed by atoms with Crippen molar-refractivity contribution < 1.29 is 5.11 Å². The van der Waals surface area contributed by atoms with Crippen LogP contribution in [-0.2, 0) is 0 Å². The lowest BCUT2D eigenvalue weighted by Gasteiger charge is -2.36. The van der Waals surface area contributed by atoms with E-state index in [0.29, 0.717) is 23.9 Å². The number of hydrogen-bond donors (Lipinski definition) is 1. The van der Waals surface area contributed by atoms with Crippen LogP contribution in [0.2, 0.25) is 0 Å². The van der Waals surface area contributed by atoms with E-state index in [9.17, 15) is 0 Å². The fourth-order valence-corrected chi connectivity index (χ4v) is 2.44. The zero-order chi connectivity index (χ0) is 10.1. The van der Waals surface area contributed by atoms with Crippen LogP contribution in [0.5, 0.6) is 0 Å². The SMILES string of the molecule is CC1=CC(CO)CCC1C(C)(C)C. The summed E-state index contributed by atoms with van der Waals surface area (Å²) in [6, 6.07) is 0. The van der Waals surface area contributed by atoms with Gasteiger partial charge in [-0.05, 0) is 31.1 Å². The van der Waals surface area contributed by atoms with Gasteiger partial charge in [0.25, 0.3) is 0 Å². The zero-order valence-corrected chi connectivity index (χ0v) is 9.30. The van der Waals surface area contributed by atoms with Crippen LogP contribution in [0.3, 0.4) is 0 Å². The standard InChI is InChI=1S/C12H22O/c1-9-7-10(8-13)5-6-11(9)12(2,3)4/h7,10-11,13H,5-6,8H2,1-4H3. The third kappa shape index (κ3) is 2.57. The Morgan fingerprint density at radius 2 is 2.00 bits per heavy atom. The van der Waals surface area contributed by atoms with Crippen molar-refractivity contribution in [2.75, 3.05) is 6.61 Å². The molecule has 2 unspecified atom stereocenters. The molecule has 1 heteroatoms. The molecule has 1 N–H and O–H groups in total. The van der Waals surface area contributed by atoms with Crippen LogP contribution < -0.4 is 0 Å². The maximum absolute atomic E-state index is 9.05. The maximum Gasteiger partial charge on any atom is 0.0493 e. The molecule has 1 aliphatic carbocycles. The molecule has 0 heterocycles. The second-order valence-electron chi connectivity index (χ2n) is 5.35. The highest BCUT2D eigenvalue weighted by atomic mass is 16.3. The molecule has 76 valence electrons. The predicted octanol–water partition coefficient (Wildman–Crippen LogP) is 3.00. The number of aliphatic hydroxyl groups excluding tert-OH is 1. The number of hydrogen-bond acceptors (Lipinski definition) is 1. The average Bonchev–Trinajstić information content (AvgIpc) is 2.01. The van der Waals surface area contributed by atoms with E-state index in [1.165, 1.54) is 12.0 Å². The summed E-state index contributed by atoms with van der Waals surface area (Å²) in [5, 5.41) is 9.05. The van der Waals surface area contributed by atoms with Crippen molar-refractivity contribution in [2.24, 2.45) is 17.3 Å². The number of aliphatic hydroxyl groups is 1. The lowest BCUT2D eigenvalue weighted by atomic mass is 9.70. The molecule has 0 spiro atoms. The van der Waals surface area contributed by atoms with Crippen LogP contribution in [-0.4, -0.2) is 11.7 Å². The van der Waals surface area contributed by atoms with Crippen LogP contribution in [0, 0.1) is 17.3 Å². The molecule has 0 amide bonds. The minimum absolute atomic E-state index is 0.314. The smallest absolute Gasteiger partial charge is 0.0493 e. The van der Waals surface area contributed by atoms with Crippen molar-refractivity contribution >= 4 is 0 Å². The van der Waals surface area contributed by atoms with E-state index in [1.807, 2.05) is 0 Å². The summed E-state index contributed by atoms with van der Waals surface area (Å²) in [7, 11) is 0. The van der Waals surface area contributed by atoms with Crippen LogP contribution in [0.1, 0.15) is 40.5 Å². The molecule has 2 atom stereocenters. The van der Waals surface area contributed by atoms with E-state index in [2.05, 4.69) is 33.8 Å².